The highest BCUT2D eigenvalue weighted by Crippen LogP contribution is 2.25. The smallest absolute Gasteiger partial charge is 0.211 e. The second-order valence-electron chi connectivity index (χ2n) is 3.67. The SMILES string of the molecule is Cc1cccc2c1CC/C2=N/N=C(N)N. The number of guanidine groups is 1. The van der Waals surface area contributed by atoms with E-state index >= 15 is 0 Å². The van der Waals surface area contributed by atoms with Crippen LogP contribution in [-0.4, -0.2) is 11.7 Å². The summed E-state index contributed by atoms with van der Waals surface area (Å²) in [6.07, 6.45) is 1.94. The maximum atomic E-state index is 5.24. The van der Waals surface area contributed by atoms with Crippen molar-refractivity contribution in [2.75, 3.05) is 0 Å². The van der Waals surface area contributed by atoms with Gasteiger partial charge in [-0.15, -0.1) is 5.10 Å². The second kappa shape index (κ2) is 3.73. The number of fused-ring (bicyclic) bond motifs is 1. The van der Waals surface area contributed by atoms with Crippen LogP contribution in [0.3, 0.4) is 0 Å². The first kappa shape index (κ1) is 9.71. The van der Waals surface area contributed by atoms with E-state index < -0.39 is 0 Å². The Morgan fingerprint density at radius 2 is 2.07 bits per heavy atom. The van der Waals surface area contributed by atoms with Crippen LogP contribution in [-0.2, 0) is 6.42 Å². The van der Waals surface area contributed by atoms with E-state index in [0.717, 1.165) is 18.6 Å². The van der Waals surface area contributed by atoms with Crippen LogP contribution in [0.5, 0.6) is 0 Å². The molecule has 78 valence electrons. The molecule has 0 bridgehead atoms. The van der Waals surface area contributed by atoms with E-state index in [1.54, 1.807) is 0 Å². The molecule has 0 aromatic heterocycles. The Morgan fingerprint density at radius 1 is 1.27 bits per heavy atom. The van der Waals surface area contributed by atoms with Gasteiger partial charge < -0.3 is 11.5 Å². The van der Waals surface area contributed by atoms with Crippen LogP contribution in [0.25, 0.3) is 0 Å². The van der Waals surface area contributed by atoms with Crippen LogP contribution in [0, 0.1) is 6.92 Å². The molecular formula is C11H14N4. The number of hydrogen-bond donors (Lipinski definition) is 2. The van der Waals surface area contributed by atoms with Gasteiger partial charge in [0.05, 0.1) is 5.71 Å². The van der Waals surface area contributed by atoms with Gasteiger partial charge in [0.15, 0.2) is 0 Å². The summed E-state index contributed by atoms with van der Waals surface area (Å²) in [5.74, 6) is 0.00334. The quantitative estimate of drug-likeness (QED) is 0.403. The summed E-state index contributed by atoms with van der Waals surface area (Å²) < 4.78 is 0. The molecule has 15 heavy (non-hydrogen) atoms. The molecule has 0 heterocycles. The monoisotopic (exact) mass is 202 g/mol. The fourth-order valence-electron chi connectivity index (χ4n) is 1.90. The molecule has 4 N–H and O–H groups in total. The lowest BCUT2D eigenvalue weighted by Gasteiger charge is -2.01. The van der Waals surface area contributed by atoms with Crippen LogP contribution >= 0.6 is 0 Å². The molecule has 1 aliphatic rings. The van der Waals surface area contributed by atoms with Gasteiger partial charge in [0.25, 0.3) is 0 Å². The molecule has 0 amide bonds. The summed E-state index contributed by atoms with van der Waals surface area (Å²) >= 11 is 0. The van der Waals surface area contributed by atoms with Gasteiger partial charge in [-0.2, -0.15) is 5.10 Å². The van der Waals surface area contributed by atoms with Gasteiger partial charge in [0.1, 0.15) is 0 Å². The zero-order chi connectivity index (χ0) is 10.8. The second-order valence-corrected chi connectivity index (χ2v) is 3.67. The van der Waals surface area contributed by atoms with Crippen LogP contribution in [0.2, 0.25) is 0 Å². The molecule has 0 aliphatic heterocycles. The summed E-state index contributed by atoms with van der Waals surface area (Å²) in [7, 11) is 0. The summed E-state index contributed by atoms with van der Waals surface area (Å²) in [6.45, 7) is 2.11. The van der Waals surface area contributed by atoms with Gasteiger partial charge in [-0.25, -0.2) is 0 Å². The van der Waals surface area contributed by atoms with Gasteiger partial charge in [-0.3, -0.25) is 0 Å². The molecule has 0 spiro atoms. The van der Waals surface area contributed by atoms with Crippen LogP contribution in [0.4, 0.5) is 0 Å². The maximum Gasteiger partial charge on any atom is 0.211 e. The number of hydrogen-bond acceptors (Lipinski definition) is 2. The maximum absolute atomic E-state index is 5.24. The molecule has 0 saturated carbocycles. The van der Waals surface area contributed by atoms with Crippen molar-refractivity contribution in [3.05, 3.63) is 34.9 Å². The summed E-state index contributed by atoms with van der Waals surface area (Å²) in [6, 6.07) is 6.21. The lowest BCUT2D eigenvalue weighted by atomic mass is 10.0. The Kier molecular flexibility index (Phi) is 2.41. The third kappa shape index (κ3) is 1.83. The van der Waals surface area contributed by atoms with Crippen molar-refractivity contribution in [3.8, 4) is 0 Å². The van der Waals surface area contributed by atoms with Crippen molar-refractivity contribution in [1.29, 1.82) is 0 Å². The first-order chi connectivity index (χ1) is 7.18. The molecule has 0 saturated heterocycles. The Bertz CT molecular complexity index is 442. The van der Waals surface area contributed by atoms with Crippen molar-refractivity contribution in [1.82, 2.24) is 0 Å². The lowest BCUT2D eigenvalue weighted by Crippen LogP contribution is -2.22. The zero-order valence-corrected chi connectivity index (χ0v) is 8.70. The molecule has 4 nitrogen and oxygen atoms in total. The fraction of sp³-hybridized carbons (Fsp3) is 0.273. The van der Waals surface area contributed by atoms with E-state index in [9.17, 15) is 0 Å². The third-order valence-corrected chi connectivity index (χ3v) is 2.62. The largest absolute Gasteiger partial charge is 0.369 e. The van der Waals surface area contributed by atoms with Crippen molar-refractivity contribution < 1.29 is 0 Å². The van der Waals surface area contributed by atoms with Crippen molar-refractivity contribution in [2.24, 2.45) is 21.7 Å². The van der Waals surface area contributed by atoms with Crippen LogP contribution in [0.1, 0.15) is 23.1 Å². The Morgan fingerprint density at radius 3 is 2.80 bits per heavy atom. The molecule has 2 rings (SSSR count). The fourth-order valence-corrected chi connectivity index (χ4v) is 1.90. The van der Waals surface area contributed by atoms with Crippen LogP contribution < -0.4 is 11.5 Å². The molecule has 0 radical (unpaired) electrons. The third-order valence-electron chi connectivity index (χ3n) is 2.62. The number of aryl methyl sites for hydroxylation is 1. The first-order valence-electron chi connectivity index (χ1n) is 4.93. The van der Waals surface area contributed by atoms with Crippen molar-refractivity contribution in [3.63, 3.8) is 0 Å². The van der Waals surface area contributed by atoms with E-state index in [1.165, 1.54) is 16.7 Å². The minimum Gasteiger partial charge on any atom is -0.369 e. The number of benzene rings is 1. The lowest BCUT2D eigenvalue weighted by molar-refractivity contribution is 1.06. The van der Waals surface area contributed by atoms with E-state index in [0.29, 0.717) is 0 Å². The highest BCUT2D eigenvalue weighted by molar-refractivity contribution is 6.05. The molecule has 1 aliphatic carbocycles. The topological polar surface area (TPSA) is 76.8 Å². The Labute approximate surface area is 88.7 Å². The van der Waals surface area contributed by atoms with Crippen molar-refractivity contribution in [2.45, 2.75) is 19.8 Å². The standard InChI is InChI=1S/C11H14N4/c1-7-3-2-4-9-8(7)5-6-10(9)14-15-11(12)13/h2-4H,5-6H2,1H3,(H4,12,13,15)/b14-10-. The summed E-state index contributed by atoms with van der Waals surface area (Å²) in [5.41, 5.74) is 15.3. The number of nitrogens with two attached hydrogens (primary N) is 2. The molecule has 0 atom stereocenters. The number of rotatable bonds is 1. The van der Waals surface area contributed by atoms with Gasteiger partial charge >= 0.3 is 0 Å². The average Bonchev–Trinajstić information content (AvgIpc) is 2.59. The van der Waals surface area contributed by atoms with Gasteiger partial charge in [-0.05, 0) is 30.9 Å². The number of nitrogens with zero attached hydrogens (tertiary/aromatic N) is 2. The highest BCUT2D eigenvalue weighted by Gasteiger charge is 2.18. The first-order valence-corrected chi connectivity index (χ1v) is 4.93. The predicted octanol–water partition coefficient (Wildman–Crippen LogP) is 0.919. The predicted molar refractivity (Wildman–Crippen MR) is 61.8 cm³/mol. The van der Waals surface area contributed by atoms with E-state index in [4.69, 9.17) is 11.5 Å². The zero-order valence-electron chi connectivity index (χ0n) is 8.70. The summed E-state index contributed by atoms with van der Waals surface area (Å²) in [4.78, 5) is 0. The molecule has 0 fully saturated rings. The highest BCUT2D eigenvalue weighted by atomic mass is 15.3. The van der Waals surface area contributed by atoms with E-state index in [2.05, 4.69) is 29.3 Å². The molecule has 0 unspecified atom stereocenters. The molecule has 1 aromatic rings. The van der Waals surface area contributed by atoms with E-state index in [1.807, 2.05) is 6.07 Å². The minimum atomic E-state index is 0.00334. The van der Waals surface area contributed by atoms with E-state index in [-0.39, 0.29) is 5.96 Å². The summed E-state index contributed by atoms with van der Waals surface area (Å²) in [5, 5.41) is 7.76. The molecule has 4 heteroatoms. The minimum absolute atomic E-state index is 0.00334. The normalized spacial score (nSPS) is 16.5. The molecular weight excluding hydrogens is 188 g/mol. The molecule has 1 aromatic carbocycles. The Hall–Kier alpha value is -1.84. The van der Waals surface area contributed by atoms with Gasteiger partial charge in [-0.1, -0.05) is 18.2 Å². The van der Waals surface area contributed by atoms with Crippen LogP contribution in [0.15, 0.2) is 28.4 Å². The average molecular weight is 202 g/mol. The van der Waals surface area contributed by atoms with Crippen molar-refractivity contribution >= 4 is 11.7 Å². The van der Waals surface area contributed by atoms with Gasteiger partial charge in [0, 0.05) is 5.56 Å². The van der Waals surface area contributed by atoms with Gasteiger partial charge in [0.2, 0.25) is 5.96 Å². The Balaban J connectivity index is 2.41.